The summed E-state index contributed by atoms with van der Waals surface area (Å²) >= 11 is 0. The molecule has 0 bridgehead atoms. The first-order valence-electron chi connectivity index (χ1n) is 7.39. The Morgan fingerprint density at radius 3 is 2.57 bits per heavy atom. The van der Waals surface area contributed by atoms with Gasteiger partial charge in [-0.25, -0.2) is 4.98 Å². The Balaban J connectivity index is 1.79. The number of hydrogen-bond donors (Lipinski definition) is 1. The van der Waals surface area contributed by atoms with Gasteiger partial charge in [0.05, 0.1) is 11.5 Å². The van der Waals surface area contributed by atoms with E-state index in [1.165, 1.54) is 11.0 Å². The number of nitro groups is 1. The normalized spacial score (nSPS) is 17.2. The summed E-state index contributed by atoms with van der Waals surface area (Å²) in [5.41, 5.74) is 0.302. The van der Waals surface area contributed by atoms with Crippen LogP contribution in [-0.4, -0.2) is 47.2 Å². The van der Waals surface area contributed by atoms with Crippen LogP contribution < -0.4 is 5.32 Å². The molecule has 0 atom stereocenters. The summed E-state index contributed by atoms with van der Waals surface area (Å²) in [5.74, 6) is 0.822. The Labute approximate surface area is 131 Å². The Morgan fingerprint density at radius 1 is 1.39 bits per heavy atom. The van der Waals surface area contributed by atoms with Crippen molar-refractivity contribution in [1.29, 1.82) is 0 Å². The molecular weight excluding hydrogens is 313 g/mol. The van der Waals surface area contributed by atoms with Gasteiger partial charge in [0, 0.05) is 12.6 Å². The molecule has 1 aliphatic rings. The molecule has 1 fully saturated rings. The minimum absolute atomic E-state index is 0.0315. The van der Waals surface area contributed by atoms with Crippen LogP contribution in [0.3, 0.4) is 0 Å². The van der Waals surface area contributed by atoms with Gasteiger partial charge in [0.1, 0.15) is 11.5 Å². The number of hydrogen-bond acceptors (Lipinski definition) is 5. The Kier molecular flexibility index (Phi) is 5.40. The fraction of sp³-hybridized carbons (Fsp3) is 0.643. The molecular formula is C14H19F3N4O2. The van der Waals surface area contributed by atoms with E-state index in [9.17, 15) is 23.3 Å². The lowest BCUT2D eigenvalue weighted by atomic mass is 9.97. The van der Waals surface area contributed by atoms with E-state index in [1.54, 1.807) is 13.0 Å². The number of piperidine rings is 1. The second-order valence-electron chi connectivity index (χ2n) is 5.77. The topological polar surface area (TPSA) is 71.3 Å². The molecule has 6 nitrogen and oxygen atoms in total. The molecule has 1 N–H and O–H groups in total. The number of anilines is 1. The number of aromatic nitrogens is 1. The molecule has 1 saturated heterocycles. The lowest BCUT2D eigenvalue weighted by Gasteiger charge is -2.32. The summed E-state index contributed by atoms with van der Waals surface area (Å²) in [6.45, 7) is 2.18. The summed E-state index contributed by atoms with van der Waals surface area (Å²) in [4.78, 5) is 15.8. The lowest BCUT2D eigenvalue weighted by Crippen LogP contribution is -2.41. The van der Waals surface area contributed by atoms with Crippen LogP contribution in [0.4, 0.5) is 24.7 Å². The van der Waals surface area contributed by atoms with Crippen LogP contribution in [0.5, 0.6) is 0 Å². The summed E-state index contributed by atoms with van der Waals surface area (Å²) in [7, 11) is 0. The molecule has 2 rings (SSSR count). The second-order valence-corrected chi connectivity index (χ2v) is 5.77. The highest BCUT2D eigenvalue weighted by Crippen LogP contribution is 2.23. The standard InChI is InChI=1S/C14H19F3N4O2/c1-10-12(21(22)23)2-3-13(19-10)18-8-11-4-6-20(7-5-11)9-14(15,16)17/h2-3,11H,4-9H2,1H3,(H,18,19). The quantitative estimate of drug-likeness (QED) is 0.663. The van der Waals surface area contributed by atoms with Gasteiger partial charge in [-0.3, -0.25) is 15.0 Å². The number of likely N-dealkylation sites (tertiary alicyclic amines) is 1. The predicted molar refractivity (Wildman–Crippen MR) is 79.3 cm³/mol. The highest BCUT2D eigenvalue weighted by atomic mass is 19.4. The van der Waals surface area contributed by atoms with Crippen molar-refractivity contribution in [1.82, 2.24) is 9.88 Å². The second kappa shape index (κ2) is 7.12. The molecule has 0 spiro atoms. The molecule has 1 aromatic heterocycles. The van der Waals surface area contributed by atoms with Crippen LogP contribution in [0, 0.1) is 23.0 Å². The number of halogens is 3. The number of pyridine rings is 1. The van der Waals surface area contributed by atoms with Gasteiger partial charge in [0.2, 0.25) is 0 Å². The number of alkyl halides is 3. The molecule has 2 heterocycles. The predicted octanol–water partition coefficient (Wildman–Crippen LogP) is 2.98. The van der Waals surface area contributed by atoms with E-state index >= 15 is 0 Å². The Bertz CT molecular complexity index is 557. The van der Waals surface area contributed by atoms with Crippen LogP contribution in [0.2, 0.25) is 0 Å². The number of nitrogens with one attached hydrogen (secondary N) is 1. The van der Waals surface area contributed by atoms with Crippen LogP contribution >= 0.6 is 0 Å². The summed E-state index contributed by atoms with van der Waals surface area (Å²) in [5, 5.41) is 13.8. The maximum absolute atomic E-state index is 12.3. The number of nitrogens with zero attached hydrogens (tertiary/aromatic N) is 3. The van der Waals surface area contributed by atoms with Crippen molar-refractivity contribution in [2.24, 2.45) is 5.92 Å². The Morgan fingerprint density at radius 2 is 2.04 bits per heavy atom. The first-order valence-corrected chi connectivity index (χ1v) is 7.39. The molecule has 0 aliphatic carbocycles. The minimum atomic E-state index is -4.15. The molecule has 23 heavy (non-hydrogen) atoms. The van der Waals surface area contributed by atoms with Crippen molar-refractivity contribution >= 4 is 11.5 Å². The minimum Gasteiger partial charge on any atom is -0.370 e. The Hall–Kier alpha value is -1.90. The molecule has 0 aromatic carbocycles. The van der Waals surface area contributed by atoms with E-state index in [1.807, 2.05) is 0 Å². The van der Waals surface area contributed by atoms with Crippen LogP contribution in [0.15, 0.2) is 12.1 Å². The number of aryl methyl sites for hydroxylation is 1. The maximum atomic E-state index is 12.3. The van der Waals surface area contributed by atoms with Crippen LogP contribution in [0.1, 0.15) is 18.5 Å². The fourth-order valence-corrected chi connectivity index (χ4v) is 2.70. The SMILES string of the molecule is Cc1nc(NCC2CCN(CC(F)(F)F)CC2)ccc1[N+](=O)[O-]. The summed E-state index contributed by atoms with van der Waals surface area (Å²) < 4.78 is 37.0. The van der Waals surface area contributed by atoms with Gasteiger partial charge in [-0.15, -0.1) is 0 Å². The first-order chi connectivity index (χ1) is 10.7. The number of rotatable bonds is 5. The zero-order valence-corrected chi connectivity index (χ0v) is 12.8. The van der Waals surface area contributed by atoms with Crippen molar-refractivity contribution in [3.05, 3.63) is 27.9 Å². The van der Waals surface area contributed by atoms with Crippen LogP contribution in [0.25, 0.3) is 0 Å². The third-order valence-electron chi connectivity index (χ3n) is 3.94. The van der Waals surface area contributed by atoms with Crippen molar-refractivity contribution in [3.63, 3.8) is 0 Å². The zero-order valence-electron chi connectivity index (χ0n) is 12.8. The van der Waals surface area contributed by atoms with E-state index in [0.717, 1.165) is 0 Å². The third kappa shape index (κ3) is 5.34. The first kappa shape index (κ1) is 17.5. The smallest absolute Gasteiger partial charge is 0.370 e. The van der Waals surface area contributed by atoms with Crippen molar-refractivity contribution in [3.8, 4) is 0 Å². The fourth-order valence-electron chi connectivity index (χ4n) is 2.70. The molecule has 1 aliphatic heterocycles. The van der Waals surface area contributed by atoms with Crippen LogP contribution in [-0.2, 0) is 0 Å². The molecule has 128 valence electrons. The highest BCUT2D eigenvalue weighted by molar-refractivity contribution is 5.44. The van der Waals surface area contributed by atoms with Gasteiger partial charge in [-0.2, -0.15) is 13.2 Å². The largest absolute Gasteiger partial charge is 0.401 e. The monoisotopic (exact) mass is 332 g/mol. The molecule has 0 saturated carbocycles. The molecule has 9 heteroatoms. The molecule has 0 radical (unpaired) electrons. The van der Waals surface area contributed by atoms with E-state index in [4.69, 9.17) is 0 Å². The molecule has 0 unspecified atom stereocenters. The van der Waals surface area contributed by atoms with Gasteiger partial charge < -0.3 is 5.32 Å². The van der Waals surface area contributed by atoms with Gasteiger partial charge in [-0.1, -0.05) is 0 Å². The third-order valence-corrected chi connectivity index (χ3v) is 3.94. The summed E-state index contributed by atoms with van der Waals surface area (Å²) in [6.07, 6.45) is -2.77. The zero-order chi connectivity index (χ0) is 17.0. The van der Waals surface area contributed by atoms with Gasteiger partial charge in [0.25, 0.3) is 5.69 Å². The molecule has 0 amide bonds. The lowest BCUT2D eigenvalue weighted by molar-refractivity contribution is -0.385. The molecule has 1 aromatic rings. The van der Waals surface area contributed by atoms with Gasteiger partial charge >= 0.3 is 6.18 Å². The maximum Gasteiger partial charge on any atom is 0.401 e. The average molecular weight is 332 g/mol. The van der Waals surface area contributed by atoms with Crippen molar-refractivity contribution < 1.29 is 18.1 Å². The van der Waals surface area contributed by atoms with E-state index in [-0.39, 0.29) is 11.6 Å². The van der Waals surface area contributed by atoms with Gasteiger partial charge in [-0.05, 0) is 44.8 Å². The highest BCUT2D eigenvalue weighted by Gasteiger charge is 2.32. The average Bonchev–Trinajstić information content (AvgIpc) is 2.44. The van der Waals surface area contributed by atoms with Gasteiger partial charge in [0.15, 0.2) is 0 Å². The van der Waals surface area contributed by atoms with Crippen molar-refractivity contribution in [2.75, 3.05) is 31.5 Å². The van der Waals surface area contributed by atoms with E-state index in [0.29, 0.717) is 44.0 Å². The van der Waals surface area contributed by atoms with E-state index < -0.39 is 17.6 Å². The van der Waals surface area contributed by atoms with Crippen molar-refractivity contribution in [2.45, 2.75) is 25.9 Å². The summed E-state index contributed by atoms with van der Waals surface area (Å²) in [6, 6.07) is 2.94. The van der Waals surface area contributed by atoms with E-state index in [2.05, 4.69) is 10.3 Å².